The van der Waals surface area contributed by atoms with Crippen LogP contribution in [-0.2, 0) is 11.3 Å². The summed E-state index contributed by atoms with van der Waals surface area (Å²) >= 11 is 0. The monoisotopic (exact) mass is 268 g/mol. The second-order valence-electron chi connectivity index (χ2n) is 4.36. The highest BCUT2D eigenvalue weighted by atomic mass is 19.1. The smallest absolute Gasteiger partial charge is 0.260 e. The van der Waals surface area contributed by atoms with Crippen LogP contribution < -0.4 is 15.8 Å². The van der Waals surface area contributed by atoms with E-state index in [1.54, 1.807) is 19.1 Å². The lowest BCUT2D eigenvalue weighted by molar-refractivity contribution is -0.127. The molecule has 0 bridgehead atoms. The summed E-state index contributed by atoms with van der Waals surface area (Å²) in [6.45, 7) is 4.45. The van der Waals surface area contributed by atoms with E-state index in [0.717, 1.165) is 12.8 Å². The Morgan fingerprint density at radius 2 is 2.26 bits per heavy atom. The summed E-state index contributed by atoms with van der Waals surface area (Å²) in [6.07, 6.45) is 1.29. The van der Waals surface area contributed by atoms with Gasteiger partial charge in [-0.1, -0.05) is 19.4 Å². The Hall–Kier alpha value is -1.62. The van der Waals surface area contributed by atoms with Crippen molar-refractivity contribution in [3.05, 3.63) is 29.6 Å². The third kappa shape index (κ3) is 4.87. The molecule has 3 N–H and O–H groups in total. The average molecular weight is 268 g/mol. The van der Waals surface area contributed by atoms with Crippen LogP contribution in [0.3, 0.4) is 0 Å². The van der Waals surface area contributed by atoms with Gasteiger partial charge < -0.3 is 15.8 Å². The Labute approximate surface area is 113 Å². The van der Waals surface area contributed by atoms with Gasteiger partial charge in [0.2, 0.25) is 0 Å². The van der Waals surface area contributed by atoms with Crippen molar-refractivity contribution in [3.8, 4) is 5.75 Å². The molecule has 0 aliphatic rings. The van der Waals surface area contributed by atoms with Crippen molar-refractivity contribution in [2.24, 2.45) is 5.73 Å². The average Bonchev–Trinajstić information content (AvgIpc) is 2.39. The molecule has 4 nitrogen and oxygen atoms in total. The number of carbonyl (C=O) groups is 1. The predicted octanol–water partition coefficient (Wildman–Crippen LogP) is 1.97. The summed E-state index contributed by atoms with van der Waals surface area (Å²) in [4.78, 5) is 11.7. The van der Waals surface area contributed by atoms with Crippen LogP contribution in [-0.4, -0.2) is 18.6 Å². The molecule has 0 fully saturated rings. The number of carbonyl (C=O) groups excluding carboxylic acids is 1. The van der Waals surface area contributed by atoms with Gasteiger partial charge >= 0.3 is 0 Å². The molecule has 1 unspecified atom stereocenters. The second kappa shape index (κ2) is 7.74. The number of ether oxygens (including phenoxy) is 1. The molecule has 0 aliphatic carbocycles. The number of nitrogens with one attached hydrogen (secondary N) is 1. The molecule has 106 valence electrons. The Balaban J connectivity index is 2.54. The third-order valence-corrected chi connectivity index (χ3v) is 2.76. The van der Waals surface area contributed by atoms with Gasteiger partial charge in [0, 0.05) is 24.7 Å². The number of benzene rings is 1. The standard InChI is InChI=1S/C14H21FN2O2/c1-3-4-7-17-14(18)10(2)19-12-6-5-11(9-16)13(15)8-12/h5-6,8,10H,3-4,7,9,16H2,1-2H3,(H,17,18). The van der Waals surface area contributed by atoms with Crippen molar-refractivity contribution in [2.45, 2.75) is 39.3 Å². The minimum absolute atomic E-state index is 0.138. The molecule has 0 aliphatic heterocycles. The van der Waals surface area contributed by atoms with Crippen molar-refractivity contribution < 1.29 is 13.9 Å². The van der Waals surface area contributed by atoms with Crippen molar-refractivity contribution in [1.29, 1.82) is 0 Å². The summed E-state index contributed by atoms with van der Waals surface area (Å²) in [6, 6.07) is 4.42. The molecule has 0 saturated carbocycles. The Kier molecular flexibility index (Phi) is 6.29. The third-order valence-electron chi connectivity index (χ3n) is 2.76. The number of unbranched alkanes of at least 4 members (excludes halogenated alkanes) is 1. The van der Waals surface area contributed by atoms with Gasteiger partial charge in [-0.05, 0) is 19.4 Å². The largest absolute Gasteiger partial charge is 0.481 e. The summed E-state index contributed by atoms with van der Waals surface area (Å²) < 4.78 is 18.9. The van der Waals surface area contributed by atoms with Gasteiger partial charge in [-0.2, -0.15) is 0 Å². The molecule has 1 aromatic rings. The highest BCUT2D eigenvalue weighted by Gasteiger charge is 2.14. The first-order valence-corrected chi connectivity index (χ1v) is 6.51. The van der Waals surface area contributed by atoms with Crippen molar-refractivity contribution in [2.75, 3.05) is 6.54 Å². The summed E-state index contributed by atoms with van der Waals surface area (Å²) in [7, 11) is 0. The molecule has 1 atom stereocenters. The van der Waals surface area contributed by atoms with Crippen LogP contribution in [0.15, 0.2) is 18.2 Å². The minimum atomic E-state index is -0.653. The van der Waals surface area contributed by atoms with Gasteiger partial charge in [-0.15, -0.1) is 0 Å². The van der Waals surface area contributed by atoms with Gasteiger partial charge in [0.15, 0.2) is 6.10 Å². The van der Waals surface area contributed by atoms with Crippen LogP contribution in [0, 0.1) is 5.82 Å². The molecule has 19 heavy (non-hydrogen) atoms. The van der Waals surface area contributed by atoms with E-state index in [1.165, 1.54) is 6.07 Å². The quantitative estimate of drug-likeness (QED) is 0.743. The van der Waals surface area contributed by atoms with E-state index in [4.69, 9.17) is 10.5 Å². The fourth-order valence-electron chi connectivity index (χ4n) is 1.56. The van der Waals surface area contributed by atoms with Gasteiger partial charge in [-0.25, -0.2) is 4.39 Å². The highest BCUT2D eigenvalue weighted by Crippen LogP contribution is 2.17. The van der Waals surface area contributed by atoms with E-state index < -0.39 is 11.9 Å². The zero-order valence-electron chi connectivity index (χ0n) is 11.4. The van der Waals surface area contributed by atoms with Gasteiger partial charge in [0.25, 0.3) is 5.91 Å². The van der Waals surface area contributed by atoms with Crippen LogP contribution in [0.2, 0.25) is 0 Å². The second-order valence-corrected chi connectivity index (χ2v) is 4.36. The van der Waals surface area contributed by atoms with Crippen LogP contribution in [0.5, 0.6) is 5.75 Å². The van der Waals surface area contributed by atoms with Crippen molar-refractivity contribution >= 4 is 5.91 Å². The number of halogens is 1. The first kappa shape index (κ1) is 15.4. The summed E-state index contributed by atoms with van der Waals surface area (Å²) in [5.41, 5.74) is 5.80. The van der Waals surface area contributed by atoms with E-state index in [0.29, 0.717) is 17.9 Å². The first-order chi connectivity index (χ1) is 9.08. The topological polar surface area (TPSA) is 64.3 Å². The maximum Gasteiger partial charge on any atom is 0.260 e. The van der Waals surface area contributed by atoms with E-state index in [1.807, 2.05) is 6.92 Å². The predicted molar refractivity (Wildman–Crippen MR) is 72.3 cm³/mol. The van der Waals surface area contributed by atoms with Gasteiger partial charge in [0.1, 0.15) is 11.6 Å². The summed E-state index contributed by atoms with van der Waals surface area (Å²) in [5, 5.41) is 2.76. The molecule has 0 spiro atoms. The number of hydrogen-bond donors (Lipinski definition) is 2. The molecule has 5 heteroatoms. The molecule has 0 radical (unpaired) electrons. The fourth-order valence-corrected chi connectivity index (χ4v) is 1.56. The lowest BCUT2D eigenvalue weighted by Crippen LogP contribution is -2.36. The number of nitrogens with two attached hydrogens (primary N) is 1. The van der Waals surface area contributed by atoms with Crippen LogP contribution in [0.4, 0.5) is 4.39 Å². The molecule has 0 aromatic heterocycles. The fraction of sp³-hybridized carbons (Fsp3) is 0.500. The van der Waals surface area contributed by atoms with E-state index in [-0.39, 0.29) is 12.5 Å². The molecular formula is C14H21FN2O2. The van der Waals surface area contributed by atoms with Crippen LogP contribution in [0.25, 0.3) is 0 Å². The van der Waals surface area contributed by atoms with Gasteiger partial charge in [0.05, 0.1) is 0 Å². The molecule has 1 amide bonds. The highest BCUT2D eigenvalue weighted by molar-refractivity contribution is 5.80. The maximum atomic E-state index is 13.5. The molecule has 0 heterocycles. The number of rotatable bonds is 7. The molecule has 0 saturated heterocycles. The Morgan fingerprint density at radius 3 is 2.84 bits per heavy atom. The van der Waals surface area contributed by atoms with Gasteiger partial charge in [-0.3, -0.25) is 4.79 Å². The first-order valence-electron chi connectivity index (χ1n) is 6.51. The SMILES string of the molecule is CCCCNC(=O)C(C)Oc1ccc(CN)c(F)c1. The zero-order chi connectivity index (χ0) is 14.3. The minimum Gasteiger partial charge on any atom is -0.481 e. The lowest BCUT2D eigenvalue weighted by Gasteiger charge is -2.15. The van der Waals surface area contributed by atoms with Crippen LogP contribution in [0.1, 0.15) is 32.3 Å². The maximum absolute atomic E-state index is 13.5. The van der Waals surface area contributed by atoms with Crippen molar-refractivity contribution in [1.82, 2.24) is 5.32 Å². The lowest BCUT2D eigenvalue weighted by atomic mass is 10.2. The van der Waals surface area contributed by atoms with E-state index in [2.05, 4.69) is 5.32 Å². The van der Waals surface area contributed by atoms with E-state index in [9.17, 15) is 9.18 Å². The van der Waals surface area contributed by atoms with Crippen LogP contribution >= 0.6 is 0 Å². The zero-order valence-corrected chi connectivity index (χ0v) is 11.4. The Morgan fingerprint density at radius 1 is 1.53 bits per heavy atom. The Bertz CT molecular complexity index is 424. The molecular weight excluding hydrogens is 247 g/mol. The number of amides is 1. The normalized spacial score (nSPS) is 12.0. The molecule has 1 rings (SSSR count). The summed E-state index contributed by atoms with van der Waals surface area (Å²) in [5.74, 6) is -0.289. The molecule has 1 aromatic carbocycles. The van der Waals surface area contributed by atoms with E-state index >= 15 is 0 Å². The van der Waals surface area contributed by atoms with Crippen molar-refractivity contribution in [3.63, 3.8) is 0 Å². The number of hydrogen-bond acceptors (Lipinski definition) is 3.